The van der Waals surface area contributed by atoms with E-state index in [4.69, 9.17) is 0 Å². The molecule has 0 spiro atoms. The highest BCUT2D eigenvalue weighted by Gasteiger charge is 2.30. The summed E-state index contributed by atoms with van der Waals surface area (Å²) >= 11 is 1.63. The van der Waals surface area contributed by atoms with Crippen LogP contribution in [0.3, 0.4) is 0 Å². The van der Waals surface area contributed by atoms with Crippen LogP contribution in [0.2, 0.25) is 0 Å². The molecule has 24 heavy (non-hydrogen) atoms. The number of nitrogens with zero attached hydrogens (tertiary/aromatic N) is 7. The highest BCUT2D eigenvalue weighted by atomic mass is 32.1. The Labute approximate surface area is 143 Å². The highest BCUT2D eigenvalue weighted by molar-refractivity contribution is 7.13. The van der Waals surface area contributed by atoms with Crippen LogP contribution in [-0.2, 0) is 13.6 Å². The average molecular weight is 345 g/mol. The van der Waals surface area contributed by atoms with Gasteiger partial charge >= 0.3 is 0 Å². The molecular formula is C15H19N7OS. The van der Waals surface area contributed by atoms with Gasteiger partial charge in [0.2, 0.25) is 0 Å². The Bertz CT molecular complexity index is 830. The van der Waals surface area contributed by atoms with Gasteiger partial charge in [-0.2, -0.15) is 5.10 Å². The van der Waals surface area contributed by atoms with Crippen molar-refractivity contribution < 1.29 is 5.11 Å². The van der Waals surface area contributed by atoms with E-state index in [1.165, 1.54) is 0 Å². The van der Waals surface area contributed by atoms with Crippen LogP contribution in [0.15, 0.2) is 23.8 Å². The van der Waals surface area contributed by atoms with Crippen LogP contribution >= 0.6 is 11.3 Å². The molecule has 0 saturated carbocycles. The SMILES string of the molecule is CC(O)c1cn(C2CN(Cc3csc(-c4ccn(C)n4)n3)C2)nn1. The van der Waals surface area contributed by atoms with Crippen LogP contribution in [0.4, 0.5) is 0 Å². The number of aryl methyl sites for hydroxylation is 1. The minimum absolute atomic E-state index is 0.318. The zero-order valence-electron chi connectivity index (χ0n) is 13.6. The first-order chi connectivity index (χ1) is 11.6. The van der Waals surface area contributed by atoms with E-state index < -0.39 is 6.10 Å². The monoisotopic (exact) mass is 345 g/mol. The van der Waals surface area contributed by atoms with Crippen molar-refractivity contribution in [2.24, 2.45) is 7.05 Å². The Morgan fingerprint density at radius 1 is 1.42 bits per heavy atom. The molecule has 1 N–H and O–H groups in total. The second-order valence-electron chi connectivity index (χ2n) is 6.17. The van der Waals surface area contributed by atoms with Crippen molar-refractivity contribution in [1.82, 2.24) is 34.7 Å². The topological polar surface area (TPSA) is 84.9 Å². The van der Waals surface area contributed by atoms with Crippen molar-refractivity contribution >= 4 is 11.3 Å². The maximum Gasteiger partial charge on any atom is 0.144 e. The number of aliphatic hydroxyl groups is 1. The predicted molar refractivity (Wildman–Crippen MR) is 89.3 cm³/mol. The summed E-state index contributed by atoms with van der Waals surface area (Å²) < 4.78 is 3.63. The quantitative estimate of drug-likeness (QED) is 0.749. The summed E-state index contributed by atoms with van der Waals surface area (Å²) in [5.41, 5.74) is 2.61. The van der Waals surface area contributed by atoms with E-state index in [0.29, 0.717) is 11.7 Å². The Kier molecular flexibility index (Phi) is 3.91. The predicted octanol–water partition coefficient (Wildman–Crippen LogP) is 1.25. The third-order valence-corrected chi connectivity index (χ3v) is 5.05. The number of aliphatic hydroxyl groups excluding tert-OH is 1. The number of hydrogen-bond donors (Lipinski definition) is 1. The number of aromatic nitrogens is 6. The fourth-order valence-electron chi connectivity index (χ4n) is 2.75. The smallest absolute Gasteiger partial charge is 0.144 e. The summed E-state index contributed by atoms with van der Waals surface area (Å²) in [5, 5.41) is 25.1. The first kappa shape index (κ1) is 15.4. The van der Waals surface area contributed by atoms with Crippen LogP contribution in [0.25, 0.3) is 10.7 Å². The molecule has 4 heterocycles. The molecule has 1 fully saturated rings. The third kappa shape index (κ3) is 2.97. The third-order valence-electron chi connectivity index (χ3n) is 4.14. The van der Waals surface area contributed by atoms with Gasteiger partial charge in [0.1, 0.15) is 16.4 Å². The molecule has 3 aromatic rings. The van der Waals surface area contributed by atoms with E-state index in [1.807, 2.05) is 30.2 Å². The van der Waals surface area contributed by atoms with Crippen molar-refractivity contribution in [1.29, 1.82) is 0 Å². The van der Waals surface area contributed by atoms with Gasteiger partial charge in [0.15, 0.2) is 0 Å². The second-order valence-corrected chi connectivity index (χ2v) is 7.02. The largest absolute Gasteiger partial charge is 0.387 e. The van der Waals surface area contributed by atoms with Crippen molar-refractivity contribution in [3.63, 3.8) is 0 Å². The average Bonchev–Trinajstić information content (AvgIpc) is 3.22. The molecule has 126 valence electrons. The Morgan fingerprint density at radius 2 is 2.25 bits per heavy atom. The van der Waals surface area contributed by atoms with E-state index in [1.54, 1.807) is 22.9 Å². The Balaban J connectivity index is 1.34. The van der Waals surface area contributed by atoms with Crippen LogP contribution in [0.5, 0.6) is 0 Å². The molecule has 1 aliphatic heterocycles. The molecule has 4 rings (SSSR count). The van der Waals surface area contributed by atoms with Crippen LogP contribution in [0, 0.1) is 0 Å². The van der Waals surface area contributed by atoms with Gasteiger partial charge in [-0.05, 0) is 13.0 Å². The zero-order valence-corrected chi connectivity index (χ0v) is 14.4. The van der Waals surface area contributed by atoms with Crippen LogP contribution in [-0.4, -0.2) is 52.9 Å². The minimum Gasteiger partial charge on any atom is -0.387 e. The fourth-order valence-corrected chi connectivity index (χ4v) is 3.53. The van der Waals surface area contributed by atoms with Crippen molar-refractivity contribution in [2.75, 3.05) is 13.1 Å². The molecule has 0 aliphatic carbocycles. The lowest BCUT2D eigenvalue weighted by Crippen LogP contribution is -2.47. The van der Waals surface area contributed by atoms with Gasteiger partial charge in [0.25, 0.3) is 0 Å². The van der Waals surface area contributed by atoms with Crippen molar-refractivity contribution in [3.05, 3.63) is 35.2 Å². The van der Waals surface area contributed by atoms with Crippen LogP contribution < -0.4 is 0 Å². The molecule has 0 aromatic carbocycles. The van der Waals surface area contributed by atoms with Gasteiger partial charge in [-0.25, -0.2) is 9.67 Å². The standard InChI is InChI=1S/C15H19N7OS/c1-10(23)14-8-22(19-17-14)12-6-21(7-12)5-11-9-24-15(16-11)13-3-4-20(2)18-13/h3-4,8-10,12,23H,5-7H2,1-2H3. The lowest BCUT2D eigenvalue weighted by molar-refractivity contribution is 0.0884. The van der Waals surface area contributed by atoms with Gasteiger partial charge in [0.05, 0.1) is 24.0 Å². The highest BCUT2D eigenvalue weighted by Crippen LogP contribution is 2.26. The molecule has 1 aliphatic rings. The molecule has 0 amide bonds. The summed E-state index contributed by atoms with van der Waals surface area (Å²) in [5.74, 6) is 0. The Morgan fingerprint density at radius 3 is 2.92 bits per heavy atom. The van der Waals surface area contributed by atoms with E-state index in [2.05, 4.69) is 30.7 Å². The molecular weight excluding hydrogens is 326 g/mol. The minimum atomic E-state index is -0.574. The number of hydrogen-bond acceptors (Lipinski definition) is 7. The van der Waals surface area contributed by atoms with Gasteiger partial charge in [0, 0.05) is 38.3 Å². The zero-order chi connectivity index (χ0) is 16.7. The van der Waals surface area contributed by atoms with Gasteiger partial charge in [-0.1, -0.05) is 5.21 Å². The number of rotatable bonds is 5. The summed E-state index contributed by atoms with van der Waals surface area (Å²) in [4.78, 5) is 7.00. The van der Waals surface area contributed by atoms with E-state index in [9.17, 15) is 5.11 Å². The Hall–Kier alpha value is -2.10. The molecule has 8 nitrogen and oxygen atoms in total. The summed E-state index contributed by atoms with van der Waals surface area (Å²) in [6, 6.07) is 2.30. The maximum absolute atomic E-state index is 9.51. The lowest BCUT2D eigenvalue weighted by atomic mass is 10.1. The van der Waals surface area contributed by atoms with Crippen LogP contribution in [0.1, 0.15) is 30.5 Å². The van der Waals surface area contributed by atoms with Gasteiger partial charge in [-0.3, -0.25) is 9.58 Å². The molecule has 1 unspecified atom stereocenters. The van der Waals surface area contributed by atoms with Crippen molar-refractivity contribution in [3.8, 4) is 10.7 Å². The molecule has 3 aromatic heterocycles. The first-order valence-electron chi connectivity index (χ1n) is 7.85. The van der Waals surface area contributed by atoms with Gasteiger partial charge in [-0.15, -0.1) is 16.4 Å². The maximum atomic E-state index is 9.51. The molecule has 0 bridgehead atoms. The van der Waals surface area contributed by atoms with E-state index in [-0.39, 0.29) is 0 Å². The number of likely N-dealkylation sites (tertiary alicyclic amines) is 1. The molecule has 1 atom stereocenters. The van der Waals surface area contributed by atoms with E-state index in [0.717, 1.165) is 36.0 Å². The fraction of sp³-hybridized carbons (Fsp3) is 0.467. The van der Waals surface area contributed by atoms with Crippen molar-refractivity contribution in [2.45, 2.75) is 25.6 Å². The van der Waals surface area contributed by atoms with E-state index >= 15 is 0 Å². The normalized spacial score (nSPS) is 17.1. The molecule has 0 radical (unpaired) electrons. The molecule has 1 saturated heterocycles. The second kappa shape index (κ2) is 6.08. The number of thiazole rings is 1. The molecule has 9 heteroatoms. The van der Waals surface area contributed by atoms with Gasteiger partial charge < -0.3 is 5.11 Å². The summed E-state index contributed by atoms with van der Waals surface area (Å²) in [7, 11) is 1.91. The summed E-state index contributed by atoms with van der Waals surface area (Å²) in [6.07, 6.45) is 3.18. The first-order valence-corrected chi connectivity index (χ1v) is 8.73. The lowest BCUT2D eigenvalue weighted by Gasteiger charge is -2.38. The summed E-state index contributed by atoms with van der Waals surface area (Å²) in [6.45, 7) is 4.36.